The number of sulfonamides is 1. The molecule has 242 valence electrons. The molecule has 0 bridgehead atoms. The monoisotopic (exact) mass is 654 g/mol. The van der Waals surface area contributed by atoms with Gasteiger partial charge in [-0.05, 0) is 12.1 Å². The maximum absolute atomic E-state index is 15.2. The van der Waals surface area contributed by atoms with Gasteiger partial charge in [-0.3, -0.25) is 4.72 Å². The first kappa shape index (κ1) is 31.1. The van der Waals surface area contributed by atoms with Gasteiger partial charge in [0.05, 0.1) is 37.8 Å². The van der Waals surface area contributed by atoms with E-state index in [-0.39, 0.29) is 29.0 Å². The second-order valence-electron chi connectivity index (χ2n) is 10.8. The summed E-state index contributed by atoms with van der Waals surface area (Å²) in [6.07, 6.45) is 5.89. The molecule has 5 heterocycles. The number of aromatic nitrogens is 5. The molecule has 0 unspecified atom stereocenters. The Balaban J connectivity index is 1.35. The van der Waals surface area contributed by atoms with Gasteiger partial charge < -0.3 is 29.1 Å². The number of carbonyl (C=O) groups is 1. The number of carboxylic acid groups (broad SMARTS) is 1. The predicted octanol–water partition coefficient (Wildman–Crippen LogP) is 2.58. The first-order valence-electron chi connectivity index (χ1n) is 14.4. The Labute approximate surface area is 263 Å². The Morgan fingerprint density at radius 3 is 2.35 bits per heavy atom. The number of anilines is 3. The lowest BCUT2D eigenvalue weighted by molar-refractivity contribution is 0.0696. The molecule has 2 saturated heterocycles. The number of piperidine rings is 1. The fourth-order valence-corrected chi connectivity index (χ4v) is 5.88. The SMILES string of the molecule is COc1ncc(-c2nc(N3CCOCC3)nc3c(OC4CCN(c5ncc(C(=O)O)cn5)CC4)cc(F)cc23)cc1NS(C)(=O)=O. The van der Waals surface area contributed by atoms with E-state index in [9.17, 15) is 13.2 Å². The molecule has 2 N–H and O–H groups in total. The van der Waals surface area contributed by atoms with Crippen molar-refractivity contribution in [1.82, 2.24) is 24.9 Å². The fraction of sp³-hybridized carbons (Fsp3) is 0.379. The van der Waals surface area contributed by atoms with Crippen LogP contribution in [0.15, 0.2) is 36.8 Å². The van der Waals surface area contributed by atoms with E-state index in [1.54, 1.807) is 0 Å². The number of carboxylic acids is 1. The fourth-order valence-electron chi connectivity index (χ4n) is 5.34. The van der Waals surface area contributed by atoms with Crippen LogP contribution in [0.2, 0.25) is 0 Å². The molecule has 0 amide bonds. The van der Waals surface area contributed by atoms with Crippen molar-refractivity contribution in [2.75, 3.05) is 67.3 Å². The standard InChI is InChI=1S/C29H31FN8O7S/c1-43-26-22(36-46(2,41)42)11-17(14-31-26)24-21-12-19(30)13-23(25(21)35-29(34-24)38-7-9-44-10-8-38)45-20-3-5-37(6-4-20)28-32-15-18(16-33-28)27(39)40/h11-16,20,36H,3-10H2,1-2H3,(H,39,40). The van der Waals surface area contributed by atoms with E-state index < -0.39 is 21.8 Å². The second-order valence-corrected chi connectivity index (χ2v) is 12.6. The number of aromatic carboxylic acids is 1. The molecule has 0 atom stereocenters. The van der Waals surface area contributed by atoms with Gasteiger partial charge in [-0.1, -0.05) is 0 Å². The molecule has 6 rings (SSSR count). The Bertz CT molecular complexity index is 1870. The molecule has 0 spiro atoms. The lowest BCUT2D eigenvalue weighted by atomic mass is 10.1. The average Bonchev–Trinajstić information content (AvgIpc) is 3.04. The summed E-state index contributed by atoms with van der Waals surface area (Å²) in [4.78, 5) is 37.3. The third-order valence-electron chi connectivity index (χ3n) is 7.53. The smallest absolute Gasteiger partial charge is 0.338 e. The summed E-state index contributed by atoms with van der Waals surface area (Å²) >= 11 is 0. The number of nitrogens with zero attached hydrogens (tertiary/aromatic N) is 7. The molecule has 2 fully saturated rings. The third kappa shape index (κ3) is 6.84. The van der Waals surface area contributed by atoms with Gasteiger partial charge in [0.15, 0.2) is 0 Å². The van der Waals surface area contributed by atoms with E-state index in [1.165, 1.54) is 43.9 Å². The van der Waals surface area contributed by atoms with E-state index in [0.717, 1.165) is 6.26 Å². The molecule has 3 aromatic heterocycles. The van der Waals surface area contributed by atoms with Gasteiger partial charge >= 0.3 is 5.97 Å². The van der Waals surface area contributed by atoms with Gasteiger partial charge in [0.25, 0.3) is 0 Å². The number of morpholine rings is 1. The van der Waals surface area contributed by atoms with Crippen molar-refractivity contribution in [3.05, 3.63) is 48.2 Å². The van der Waals surface area contributed by atoms with Crippen LogP contribution in [0.4, 0.5) is 22.0 Å². The third-order valence-corrected chi connectivity index (χ3v) is 8.12. The highest BCUT2D eigenvalue weighted by molar-refractivity contribution is 7.92. The highest BCUT2D eigenvalue weighted by Crippen LogP contribution is 2.37. The van der Waals surface area contributed by atoms with Crippen molar-refractivity contribution in [2.24, 2.45) is 0 Å². The Hall–Kier alpha value is -4.90. The van der Waals surface area contributed by atoms with E-state index in [2.05, 4.69) is 19.7 Å². The zero-order chi connectivity index (χ0) is 32.4. The minimum atomic E-state index is -3.67. The van der Waals surface area contributed by atoms with Gasteiger partial charge in [0.1, 0.15) is 28.9 Å². The molecule has 46 heavy (non-hydrogen) atoms. The van der Waals surface area contributed by atoms with Crippen molar-refractivity contribution < 1.29 is 36.9 Å². The normalized spacial score (nSPS) is 16.0. The predicted molar refractivity (Wildman–Crippen MR) is 166 cm³/mol. The van der Waals surface area contributed by atoms with Crippen molar-refractivity contribution in [2.45, 2.75) is 18.9 Å². The molecule has 17 heteroatoms. The lowest BCUT2D eigenvalue weighted by Crippen LogP contribution is -2.39. The maximum atomic E-state index is 15.2. The van der Waals surface area contributed by atoms with Gasteiger partial charge in [0.2, 0.25) is 27.8 Å². The maximum Gasteiger partial charge on any atom is 0.338 e. The number of nitrogens with one attached hydrogen (secondary N) is 1. The lowest BCUT2D eigenvalue weighted by Gasteiger charge is -2.32. The largest absolute Gasteiger partial charge is 0.488 e. The quantitative estimate of drug-likeness (QED) is 0.269. The van der Waals surface area contributed by atoms with Crippen LogP contribution in [0.3, 0.4) is 0 Å². The number of rotatable bonds is 9. The van der Waals surface area contributed by atoms with E-state index in [0.29, 0.717) is 86.3 Å². The van der Waals surface area contributed by atoms with Gasteiger partial charge in [-0.2, -0.15) is 0 Å². The van der Waals surface area contributed by atoms with Crippen molar-refractivity contribution in [1.29, 1.82) is 0 Å². The van der Waals surface area contributed by atoms with Gasteiger partial charge in [0, 0.05) is 74.6 Å². The number of hydrogen-bond acceptors (Lipinski definition) is 13. The van der Waals surface area contributed by atoms with Crippen LogP contribution in [0.25, 0.3) is 22.2 Å². The molecular formula is C29H31FN8O7S. The number of ether oxygens (including phenoxy) is 3. The van der Waals surface area contributed by atoms with Crippen molar-refractivity contribution >= 4 is 44.5 Å². The van der Waals surface area contributed by atoms with Crippen LogP contribution in [0.5, 0.6) is 11.6 Å². The first-order valence-corrected chi connectivity index (χ1v) is 16.3. The van der Waals surface area contributed by atoms with Crippen LogP contribution in [0, 0.1) is 5.82 Å². The summed E-state index contributed by atoms with van der Waals surface area (Å²) in [5, 5.41) is 9.47. The highest BCUT2D eigenvalue weighted by atomic mass is 32.2. The average molecular weight is 655 g/mol. The van der Waals surface area contributed by atoms with Crippen LogP contribution in [0.1, 0.15) is 23.2 Å². The molecule has 4 aromatic rings. The summed E-state index contributed by atoms with van der Waals surface area (Å²) in [6.45, 7) is 3.12. The topological polar surface area (TPSA) is 182 Å². The first-order chi connectivity index (χ1) is 22.1. The molecule has 1 aromatic carbocycles. The summed E-state index contributed by atoms with van der Waals surface area (Å²) in [5.74, 6) is -0.557. The zero-order valence-corrected chi connectivity index (χ0v) is 25.8. The highest BCUT2D eigenvalue weighted by Gasteiger charge is 2.26. The Kier molecular flexibility index (Phi) is 8.68. The van der Waals surface area contributed by atoms with Crippen LogP contribution < -0.4 is 24.0 Å². The zero-order valence-electron chi connectivity index (χ0n) is 25.0. The molecule has 0 saturated carbocycles. The van der Waals surface area contributed by atoms with Crippen molar-refractivity contribution in [3.8, 4) is 22.9 Å². The van der Waals surface area contributed by atoms with E-state index in [1.807, 2.05) is 9.80 Å². The summed E-state index contributed by atoms with van der Waals surface area (Å²) < 4.78 is 59.0. The second kappa shape index (κ2) is 12.8. The van der Waals surface area contributed by atoms with Crippen LogP contribution in [-0.4, -0.2) is 103 Å². The number of pyridine rings is 1. The number of fused-ring (bicyclic) bond motifs is 1. The van der Waals surface area contributed by atoms with Gasteiger partial charge in [-0.25, -0.2) is 42.5 Å². The minimum Gasteiger partial charge on any atom is -0.488 e. The summed E-state index contributed by atoms with van der Waals surface area (Å²) in [6, 6.07) is 4.14. The summed E-state index contributed by atoms with van der Waals surface area (Å²) in [5.41, 5.74) is 1.23. The molecule has 2 aliphatic heterocycles. The van der Waals surface area contributed by atoms with Crippen LogP contribution >= 0.6 is 0 Å². The Morgan fingerprint density at radius 2 is 1.70 bits per heavy atom. The molecule has 15 nitrogen and oxygen atoms in total. The van der Waals surface area contributed by atoms with Crippen LogP contribution in [-0.2, 0) is 14.8 Å². The van der Waals surface area contributed by atoms with Gasteiger partial charge in [-0.15, -0.1) is 0 Å². The molecule has 0 aliphatic carbocycles. The van der Waals surface area contributed by atoms with E-state index >= 15 is 4.39 Å². The number of halogens is 1. The molecular weight excluding hydrogens is 623 g/mol. The van der Waals surface area contributed by atoms with E-state index in [4.69, 9.17) is 29.3 Å². The number of methoxy groups -OCH3 is 1. The molecule has 0 radical (unpaired) electrons. The number of benzene rings is 1. The number of hydrogen-bond donors (Lipinski definition) is 2. The Morgan fingerprint density at radius 1 is 1.00 bits per heavy atom. The van der Waals surface area contributed by atoms with Crippen molar-refractivity contribution in [3.63, 3.8) is 0 Å². The summed E-state index contributed by atoms with van der Waals surface area (Å²) in [7, 11) is -2.30. The minimum absolute atomic E-state index is 0.00561. The molecule has 2 aliphatic rings.